The average molecular weight is 868 g/mol. The second-order valence-electron chi connectivity index (χ2n) is 19.2. The Morgan fingerprint density at radius 3 is 1.53 bits per heavy atom. The lowest BCUT2D eigenvalue weighted by Crippen LogP contribution is -2.32. The molecule has 11 aromatic carbocycles. The molecule has 320 valence electrons. The molecule has 14 rings (SSSR count). The summed E-state index contributed by atoms with van der Waals surface area (Å²) in [6, 6.07) is 87.4. The van der Waals surface area contributed by atoms with Gasteiger partial charge in [-0.1, -0.05) is 202 Å². The first-order chi connectivity index (χ1) is 33.5. The van der Waals surface area contributed by atoms with Crippen LogP contribution in [0.4, 0.5) is 17.1 Å². The maximum atomic E-state index is 7.23. The molecule has 0 amide bonds. The van der Waals surface area contributed by atoms with Crippen molar-refractivity contribution in [2.75, 3.05) is 4.90 Å². The summed E-state index contributed by atoms with van der Waals surface area (Å²) in [5.74, 6) is 1.86. The highest BCUT2D eigenvalue weighted by molar-refractivity contribution is 6.00. The topological polar surface area (TPSA) is 12.5 Å². The molecular formula is C66H45NO. The molecule has 2 nitrogen and oxygen atoms in total. The van der Waals surface area contributed by atoms with E-state index >= 15 is 0 Å². The Balaban J connectivity index is 0.910. The Morgan fingerprint density at radius 2 is 0.809 bits per heavy atom. The predicted molar refractivity (Wildman–Crippen MR) is 282 cm³/mol. The second-order valence-corrected chi connectivity index (χ2v) is 19.2. The van der Waals surface area contributed by atoms with Crippen LogP contribution in [0.3, 0.4) is 0 Å². The molecule has 1 heterocycles. The molecule has 0 fully saturated rings. The fraction of sp³-hybridized carbons (Fsp3) is 0.0606. The summed E-state index contributed by atoms with van der Waals surface area (Å²) in [6.07, 6.45) is 0. The summed E-state index contributed by atoms with van der Waals surface area (Å²) < 4.78 is 7.23. The highest BCUT2D eigenvalue weighted by Gasteiger charge is 2.52. The molecule has 0 N–H and O–H groups in total. The quantitative estimate of drug-likeness (QED) is 0.171. The van der Waals surface area contributed by atoms with Gasteiger partial charge in [-0.05, 0) is 126 Å². The van der Waals surface area contributed by atoms with Gasteiger partial charge >= 0.3 is 0 Å². The van der Waals surface area contributed by atoms with Crippen molar-refractivity contribution in [2.45, 2.75) is 24.7 Å². The Morgan fingerprint density at radius 1 is 0.309 bits per heavy atom. The molecule has 0 aromatic heterocycles. The van der Waals surface area contributed by atoms with Crippen LogP contribution < -0.4 is 9.64 Å². The third-order valence-electron chi connectivity index (χ3n) is 15.3. The molecule has 1 spiro atoms. The van der Waals surface area contributed by atoms with Crippen LogP contribution in [0.25, 0.3) is 66.1 Å². The van der Waals surface area contributed by atoms with Crippen LogP contribution in [-0.2, 0) is 10.8 Å². The van der Waals surface area contributed by atoms with E-state index in [1.54, 1.807) is 0 Å². The zero-order valence-electron chi connectivity index (χ0n) is 37.9. The van der Waals surface area contributed by atoms with E-state index in [0.29, 0.717) is 0 Å². The largest absolute Gasteiger partial charge is 0.455 e. The lowest BCUT2D eigenvalue weighted by molar-refractivity contribution is 0.447. The average Bonchev–Trinajstić information content (AvgIpc) is 3.81. The summed E-state index contributed by atoms with van der Waals surface area (Å²) >= 11 is 0. The third kappa shape index (κ3) is 5.46. The van der Waals surface area contributed by atoms with Crippen LogP contribution in [-0.4, -0.2) is 0 Å². The molecule has 11 aromatic rings. The maximum absolute atomic E-state index is 7.23. The number of nitrogens with zero attached hydrogens (tertiary/aromatic N) is 1. The number of para-hydroxylation sites is 1. The highest BCUT2D eigenvalue weighted by atomic mass is 16.5. The Kier molecular flexibility index (Phi) is 8.28. The second kappa shape index (κ2) is 14.5. The third-order valence-corrected chi connectivity index (χ3v) is 15.3. The first-order valence-electron chi connectivity index (χ1n) is 23.7. The van der Waals surface area contributed by atoms with Crippen molar-refractivity contribution in [3.8, 4) is 56.0 Å². The molecule has 0 unspecified atom stereocenters. The minimum atomic E-state index is -0.618. The van der Waals surface area contributed by atoms with Crippen LogP contribution >= 0.6 is 0 Å². The molecule has 2 heteroatoms. The van der Waals surface area contributed by atoms with E-state index in [1.165, 1.54) is 83.1 Å². The summed E-state index contributed by atoms with van der Waals surface area (Å²) in [4.78, 5) is 2.38. The highest BCUT2D eigenvalue weighted by Crippen LogP contribution is 2.64. The predicted octanol–water partition coefficient (Wildman–Crippen LogP) is 17.6. The van der Waals surface area contributed by atoms with E-state index in [2.05, 4.69) is 255 Å². The van der Waals surface area contributed by atoms with Crippen molar-refractivity contribution < 1.29 is 4.74 Å². The molecule has 1 aliphatic heterocycles. The van der Waals surface area contributed by atoms with E-state index in [4.69, 9.17) is 4.74 Å². The molecule has 2 aliphatic carbocycles. The van der Waals surface area contributed by atoms with Gasteiger partial charge in [0.1, 0.15) is 11.5 Å². The fourth-order valence-electron chi connectivity index (χ4n) is 12.1. The molecule has 0 atom stereocenters. The van der Waals surface area contributed by atoms with Gasteiger partial charge in [-0.3, -0.25) is 0 Å². The first-order valence-corrected chi connectivity index (χ1v) is 23.7. The molecule has 0 bridgehead atoms. The number of ether oxygens (including phenoxy) is 1. The number of fused-ring (bicyclic) bond motifs is 16. The zero-order chi connectivity index (χ0) is 45.1. The van der Waals surface area contributed by atoms with Gasteiger partial charge in [0.05, 0.1) is 5.41 Å². The molecular weight excluding hydrogens is 823 g/mol. The van der Waals surface area contributed by atoms with Crippen molar-refractivity contribution in [2.24, 2.45) is 0 Å². The van der Waals surface area contributed by atoms with Crippen LogP contribution in [0.1, 0.15) is 47.2 Å². The van der Waals surface area contributed by atoms with Gasteiger partial charge in [-0.25, -0.2) is 0 Å². The number of hydrogen-bond acceptors (Lipinski definition) is 2. The van der Waals surface area contributed by atoms with E-state index in [0.717, 1.165) is 44.9 Å². The Hall–Kier alpha value is -8.46. The summed E-state index contributed by atoms with van der Waals surface area (Å²) in [5.41, 5.74) is 20.3. The lowest BCUT2D eigenvalue weighted by Gasteiger charge is -2.40. The van der Waals surface area contributed by atoms with Crippen molar-refractivity contribution in [1.82, 2.24) is 0 Å². The van der Waals surface area contributed by atoms with Gasteiger partial charge in [0, 0.05) is 44.4 Å². The van der Waals surface area contributed by atoms with Crippen molar-refractivity contribution in [3.05, 3.63) is 270 Å². The van der Waals surface area contributed by atoms with Gasteiger partial charge in [-0.2, -0.15) is 0 Å². The van der Waals surface area contributed by atoms with Gasteiger partial charge in [0.15, 0.2) is 0 Å². The van der Waals surface area contributed by atoms with Gasteiger partial charge in [0.25, 0.3) is 0 Å². The first kappa shape index (κ1) is 38.8. The number of benzene rings is 11. The molecule has 3 aliphatic rings. The summed E-state index contributed by atoms with van der Waals surface area (Å²) in [6.45, 7) is 4.68. The molecule has 0 saturated carbocycles. The Labute approximate surface area is 397 Å². The summed E-state index contributed by atoms with van der Waals surface area (Å²) in [5, 5.41) is 4.57. The van der Waals surface area contributed by atoms with E-state index in [1.807, 2.05) is 0 Å². The van der Waals surface area contributed by atoms with Gasteiger partial charge in [-0.15, -0.1) is 0 Å². The van der Waals surface area contributed by atoms with Gasteiger partial charge in [0.2, 0.25) is 0 Å². The maximum Gasteiger partial charge on any atom is 0.140 e. The van der Waals surface area contributed by atoms with Gasteiger partial charge < -0.3 is 9.64 Å². The minimum absolute atomic E-state index is 0.0163. The van der Waals surface area contributed by atoms with Crippen LogP contribution in [0, 0.1) is 0 Å². The van der Waals surface area contributed by atoms with Crippen LogP contribution in [0.5, 0.6) is 11.5 Å². The van der Waals surface area contributed by atoms with Crippen LogP contribution in [0.15, 0.2) is 237 Å². The van der Waals surface area contributed by atoms with E-state index in [-0.39, 0.29) is 5.41 Å². The molecule has 0 radical (unpaired) electrons. The normalized spacial score (nSPS) is 14.1. The van der Waals surface area contributed by atoms with Crippen LogP contribution in [0.2, 0.25) is 0 Å². The van der Waals surface area contributed by atoms with E-state index in [9.17, 15) is 0 Å². The van der Waals surface area contributed by atoms with Crippen molar-refractivity contribution in [1.29, 1.82) is 0 Å². The zero-order valence-corrected chi connectivity index (χ0v) is 37.9. The Bertz CT molecular complexity index is 3780. The minimum Gasteiger partial charge on any atom is -0.455 e. The fourth-order valence-corrected chi connectivity index (χ4v) is 12.1. The van der Waals surface area contributed by atoms with E-state index < -0.39 is 5.41 Å². The smallest absolute Gasteiger partial charge is 0.140 e. The van der Waals surface area contributed by atoms with Crippen molar-refractivity contribution in [3.63, 3.8) is 0 Å². The van der Waals surface area contributed by atoms with Crippen molar-refractivity contribution >= 4 is 38.6 Å². The molecule has 0 saturated heterocycles. The number of rotatable bonds is 5. The monoisotopic (exact) mass is 867 g/mol. The summed E-state index contributed by atoms with van der Waals surface area (Å²) in [7, 11) is 0. The standard InChI is InChI=1S/C66H45NO/c1-65(2)57-25-12-10-24-54(57)56-40-46(32-36-58(56)65)42-27-33-49(34-28-42)67(48-18-4-3-5-19-48)50-20-14-17-45(39-50)47-29-35-55-53-23-11-13-26-59(53)66(62(55)41-47)60-37-30-43-15-6-8-21-51(43)63(60)68-64-52-22-9-7-16-44(52)31-38-61(64)66/h3-41H,1-2H3. The SMILES string of the molecule is CC1(C)c2ccccc2-c2cc(-c3ccc(N(c4ccccc4)c4cccc(-c5ccc6c(c5)C5(c7ccccc7-6)c6ccc7ccccc7c6Oc6c5ccc5ccccc65)c4)cc3)ccc21. The molecule has 68 heavy (non-hydrogen) atoms. The number of hydrogen-bond donors (Lipinski definition) is 0. The number of anilines is 3. The lowest BCUT2D eigenvalue weighted by atomic mass is 9.65.